The Balaban J connectivity index is 1.23. The second-order valence-corrected chi connectivity index (χ2v) is 7.28. The highest BCUT2D eigenvalue weighted by atomic mass is 16.7. The Morgan fingerprint density at radius 3 is 3.03 bits per heavy atom. The van der Waals surface area contributed by atoms with Gasteiger partial charge in [-0.05, 0) is 23.8 Å². The number of nitrogens with zero attached hydrogens (tertiary/aromatic N) is 5. The van der Waals surface area contributed by atoms with Crippen molar-refractivity contribution < 1.29 is 19.0 Å². The first kappa shape index (κ1) is 19.3. The van der Waals surface area contributed by atoms with Crippen molar-refractivity contribution >= 4 is 11.7 Å². The fraction of sp³-hybridized carbons (Fsp3) is 0.333. The van der Waals surface area contributed by atoms with Crippen molar-refractivity contribution in [1.82, 2.24) is 24.8 Å². The average Bonchev–Trinajstić information content (AvgIpc) is 3.50. The number of carbonyl (C=O) groups excluding carboxylic acids is 1. The molecular formula is C21H22N6O4. The van der Waals surface area contributed by atoms with Gasteiger partial charge in [0.2, 0.25) is 18.6 Å². The fourth-order valence-corrected chi connectivity index (χ4v) is 3.66. The lowest BCUT2D eigenvalue weighted by Gasteiger charge is -2.36. The SMILES string of the molecule is O=C(CC1COCCN1c1ccnc(-n2ccnc2)n1)NCc1ccc2c(c1)OCO2. The Morgan fingerprint density at radius 2 is 2.13 bits per heavy atom. The van der Waals surface area contributed by atoms with E-state index in [2.05, 4.69) is 25.2 Å². The number of hydrogen-bond donors (Lipinski definition) is 1. The lowest BCUT2D eigenvalue weighted by Crippen LogP contribution is -2.48. The maximum atomic E-state index is 12.7. The van der Waals surface area contributed by atoms with Gasteiger partial charge in [-0.15, -0.1) is 0 Å². The second kappa shape index (κ2) is 8.60. The largest absolute Gasteiger partial charge is 0.454 e. The van der Waals surface area contributed by atoms with Gasteiger partial charge in [-0.3, -0.25) is 9.36 Å². The van der Waals surface area contributed by atoms with E-state index < -0.39 is 0 Å². The monoisotopic (exact) mass is 422 g/mol. The molecule has 0 bridgehead atoms. The van der Waals surface area contributed by atoms with Crippen LogP contribution in [0.5, 0.6) is 11.5 Å². The van der Waals surface area contributed by atoms with E-state index in [1.165, 1.54) is 0 Å². The van der Waals surface area contributed by atoms with Crippen LogP contribution in [0.3, 0.4) is 0 Å². The number of morpholine rings is 1. The smallest absolute Gasteiger partial charge is 0.236 e. The minimum Gasteiger partial charge on any atom is -0.454 e. The van der Waals surface area contributed by atoms with Gasteiger partial charge >= 0.3 is 0 Å². The first-order valence-corrected chi connectivity index (χ1v) is 10.1. The maximum Gasteiger partial charge on any atom is 0.236 e. The number of fused-ring (bicyclic) bond motifs is 1. The zero-order valence-corrected chi connectivity index (χ0v) is 16.8. The molecule has 3 aromatic rings. The van der Waals surface area contributed by atoms with Gasteiger partial charge in [-0.25, -0.2) is 9.97 Å². The van der Waals surface area contributed by atoms with E-state index in [0.717, 1.165) is 17.1 Å². The molecule has 160 valence electrons. The van der Waals surface area contributed by atoms with Crippen LogP contribution in [0.2, 0.25) is 0 Å². The molecule has 10 heteroatoms. The van der Waals surface area contributed by atoms with Crippen LogP contribution in [0.25, 0.3) is 5.95 Å². The van der Waals surface area contributed by atoms with Crippen LogP contribution in [-0.2, 0) is 16.1 Å². The number of benzene rings is 1. The van der Waals surface area contributed by atoms with Crippen LogP contribution in [0.15, 0.2) is 49.2 Å². The molecular weight excluding hydrogens is 400 g/mol. The number of rotatable bonds is 6. The van der Waals surface area contributed by atoms with E-state index in [4.69, 9.17) is 14.2 Å². The molecule has 1 saturated heterocycles. The molecule has 1 atom stereocenters. The summed E-state index contributed by atoms with van der Waals surface area (Å²) in [5.41, 5.74) is 0.954. The van der Waals surface area contributed by atoms with Gasteiger partial charge in [0.05, 0.1) is 19.3 Å². The molecule has 2 aromatic heterocycles. The fourth-order valence-electron chi connectivity index (χ4n) is 3.66. The van der Waals surface area contributed by atoms with Gasteiger partial charge in [0, 0.05) is 38.1 Å². The molecule has 5 rings (SSSR count). The van der Waals surface area contributed by atoms with E-state index in [1.54, 1.807) is 29.5 Å². The molecule has 4 heterocycles. The quantitative estimate of drug-likeness (QED) is 0.634. The summed E-state index contributed by atoms with van der Waals surface area (Å²) in [6, 6.07) is 7.40. The Morgan fingerprint density at radius 1 is 1.19 bits per heavy atom. The van der Waals surface area contributed by atoms with Crippen molar-refractivity contribution in [3.05, 3.63) is 54.7 Å². The van der Waals surface area contributed by atoms with Gasteiger partial charge in [-0.1, -0.05) is 6.07 Å². The summed E-state index contributed by atoms with van der Waals surface area (Å²) in [6.45, 7) is 2.34. The van der Waals surface area contributed by atoms with Gasteiger partial charge in [0.15, 0.2) is 11.5 Å². The van der Waals surface area contributed by atoms with Gasteiger partial charge < -0.3 is 24.4 Å². The summed E-state index contributed by atoms with van der Waals surface area (Å²) in [5.74, 6) is 2.67. The van der Waals surface area contributed by atoms with Crippen LogP contribution in [0, 0.1) is 0 Å². The molecule has 1 unspecified atom stereocenters. The molecule has 31 heavy (non-hydrogen) atoms. The summed E-state index contributed by atoms with van der Waals surface area (Å²) in [6.07, 6.45) is 7.13. The van der Waals surface area contributed by atoms with Crippen LogP contribution in [-0.4, -0.2) is 58.0 Å². The van der Waals surface area contributed by atoms with Crippen molar-refractivity contribution in [2.24, 2.45) is 0 Å². The second-order valence-electron chi connectivity index (χ2n) is 7.28. The minimum absolute atomic E-state index is 0.0537. The highest BCUT2D eigenvalue weighted by Gasteiger charge is 2.27. The van der Waals surface area contributed by atoms with Gasteiger partial charge in [0.25, 0.3) is 0 Å². The number of ether oxygens (including phenoxy) is 3. The van der Waals surface area contributed by atoms with Crippen LogP contribution in [0.4, 0.5) is 5.82 Å². The molecule has 1 amide bonds. The zero-order chi connectivity index (χ0) is 21.0. The predicted molar refractivity (Wildman–Crippen MR) is 110 cm³/mol. The number of aromatic nitrogens is 4. The highest BCUT2D eigenvalue weighted by molar-refractivity contribution is 5.77. The normalized spacial score (nSPS) is 17.5. The third-order valence-electron chi connectivity index (χ3n) is 5.23. The van der Waals surface area contributed by atoms with Gasteiger partial charge in [-0.2, -0.15) is 4.98 Å². The first-order chi connectivity index (χ1) is 15.3. The molecule has 10 nitrogen and oxygen atoms in total. The molecule has 1 aromatic carbocycles. The number of amides is 1. The minimum atomic E-state index is -0.115. The third-order valence-corrected chi connectivity index (χ3v) is 5.23. The lowest BCUT2D eigenvalue weighted by atomic mass is 10.1. The molecule has 2 aliphatic rings. The summed E-state index contributed by atoms with van der Waals surface area (Å²) in [7, 11) is 0. The van der Waals surface area contributed by atoms with E-state index in [0.29, 0.717) is 44.4 Å². The number of hydrogen-bond acceptors (Lipinski definition) is 8. The number of nitrogens with one attached hydrogen (secondary N) is 1. The average molecular weight is 422 g/mol. The summed E-state index contributed by atoms with van der Waals surface area (Å²) >= 11 is 0. The van der Waals surface area contributed by atoms with Crippen LogP contribution in [0.1, 0.15) is 12.0 Å². The number of carbonyl (C=O) groups is 1. The van der Waals surface area contributed by atoms with Gasteiger partial charge in [0.1, 0.15) is 12.1 Å². The van der Waals surface area contributed by atoms with Crippen molar-refractivity contribution in [3.63, 3.8) is 0 Å². The molecule has 1 N–H and O–H groups in total. The van der Waals surface area contributed by atoms with E-state index in [1.807, 2.05) is 24.3 Å². The summed E-state index contributed by atoms with van der Waals surface area (Å²) < 4.78 is 18.1. The van der Waals surface area contributed by atoms with E-state index >= 15 is 0 Å². The molecule has 0 saturated carbocycles. The standard InChI is InChI=1S/C21H22N6O4/c28-20(24-11-15-1-2-17-18(9-15)31-14-30-17)10-16-12-29-8-7-27(16)19-3-4-23-21(25-19)26-6-5-22-13-26/h1-6,9,13,16H,7-8,10-12,14H2,(H,24,28). The molecule has 0 spiro atoms. The Labute approximate surface area is 178 Å². The maximum absolute atomic E-state index is 12.7. The summed E-state index contributed by atoms with van der Waals surface area (Å²) in [5, 5.41) is 2.98. The predicted octanol–water partition coefficient (Wildman–Crippen LogP) is 1.30. The zero-order valence-electron chi connectivity index (χ0n) is 16.8. The van der Waals surface area contributed by atoms with Crippen molar-refractivity contribution in [2.45, 2.75) is 19.0 Å². The van der Waals surface area contributed by atoms with E-state index in [-0.39, 0.29) is 18.7 Å². The number of imidazole rings is 1. The van der Waals surface area contributed by atoms with Crippen LogP contribution < -0.4 is 19.7 Å². The highest BCUT2D eigenvalue weighted by Crippen LogP contribution is 2.32. The molecule has 1 fully saturated rings. The topological polar surface area (TPSA) is 104 Å². The Kier molecular flexibility index (Phi) is 5.36. The van der Waals surface area contributed by atoms with Crippen LogP contribution >= 0.6 is 0 Å². The molecule has 0 radical (unpaired) electrons. The first-order valence-electron chi connectivity index (χ1n) is 10.1. The van der Waals surface area contributed by atoms with Crippen molar-refractivity contribution in [1.29, 1.82) is 0 Å². The summed E-state index contributed by atoms with van der Waals surface area (Å²) in [4.78, 5) is 27.8. The molecule has 2 aliphatic heterocycles. The lowest BCUT2D eigenvalue weighted by molar-refractivity contribution is -0.122. The Bertz CT molecular complexity index is 1060. The number of anilines is 1. The molecule has 0 aliphatic carbocycles. The third kappa shape index (κ3) is 4.29. The van der Waals surface area contributed by atoms with Crippen molar-refractivity contribution in [2.75, 3.05) is 31.5 Å². The Hall–Kier alpha value is -3.66. The van der Waals surface area contributed by atoms with Crippen molar-refractivity contribution in [3.8, 4) is 17.4 Å². The van der Waals surface area contributed by atoms with E-state index in [9.17, 15) is 4.79 Å².